The molecule has 0 radical (unpaired) electrons. The number of pyridine rings is 1. The van der Waals surface area contributed by atoms with E-state index in [0.717, 1.165) is 15.6 Å². The molecule has 1 N–H and O–H groups in total. The van der Waals surface area contributed by atoms with Crippen molar-refractivity contribution in [1.29, 1.82) is 0 Å². The lowest BCUT2D eigenvalue weighted by Crippen LogP contribution is -2.27. The maximum atomic E-state index is 12.4. The molecule has 0 atom stereocenters. The molecule has 8 heteroatoms. The van der Waals surface area contributed by atoms with Crippen LogP contribution >= 0.6 is 11.3 Å². The zero-order valence-electron chi connectivity index (χ0n) is 9.85. The van der Waals surface area contributed by atoms with Gasteiger partial charge in [0.1, 0.15) is 9.77 Å². The first-order valence-corrected chi connectivity index (χ1v) is 7.46. The lowest BCUT2D eigenvalue weighted by molar-refractivity contribution is 0.0698. The van der Waals surface area contributed by atoms with Crippen LogP contribution in [0, 0.1) is 0 Å². The van der Waals surface area contributed by atoms with Gasteiger partial charge in [-0.2, -0.15) is 0 Å². The van der Waals surface area contributed by atoms with Crippen molar-refractivity contribution in [1.82, 2.24) is 4.98 Å². The molecule has 0 aliphatic heterocycles. The van der Waals surface area contributed by atoms with Gasteiger partial charge in [0, 0.05) is 19.4 Å². The van der Waals surface area contributed by atoms with Crippen LogP contribution < -0.4 is 4.31 Å². The number of nitrogens with zero attached hydrogens (tertiary/aromatic N) is 2. The molecule has 2 heterocycles. The second kappa shape index (κ2) is 4.98. The van der Waals surface area contributed by atoms with Gasteiger partial charge < -0.3 is 5.11 Å². The molecule has 0 saturated carbocycles. The van der Waals surface area contributed by atoms with Crippen molar-refractivity contribution in [2.75, 3.05) is 11.4 Å². The number of hydrogen-bond donors (Lipinski definition) is 1. The van der Waals surface area contributed by atoms with Gasteiger partial charge in [-0.05, 0) is 23.6 Å². The normalized spacial score (nSPS) is 11.2. The van der Waals surface area contributed by atoms with E-state index in [1.54, 1.807) is 0 Å². The van der Waals surface area contributed by atoms with Crippen molar-refractivity contribution in [2.24, 2.45) is 0 Å². The van der Waals surface area contributed by atoms with Gasteiger partial charge in [-0.1, -0.05) is 0 Å². The number of sulfonamides is 1. The zero-order chi connectivity index (χ0) is 14.0. The summed E-state index contributed by atoms with van der Waals surface area (Å²) in [7, 11) is -2.52. The fraction of sp³-hybridized carbons (Fsp3) is 0.0909. The number of anilines is 1. The molecular formula is C11H10N2O4S2. The largest absolute Gasteiger partial charge is 0.477 e. The second-order valence-electron chi connectivity index (χ2n) is 3.60. The molecule has 0 bridgehead atoms. The lowest BCUT2D eigenvalue weighted by atomic mass is 10.4. The summed E-state index contributed by atoms with van der Waals surface area (Å²) in [6.07, 6.45) is 2.93. The molecule has 100 valence electrons. The van der Waals surface area contributed by atoms with Gasteiger partial charge in [0.2, 0.25) is 0 Å². The topological polar surface area (TPSA) is 87.6 Å². The highest BCUT2D eigenvalue weighted by Gasteiger charge is 2.28. The standard InChI is InChI=1S/C11H10N2O4S2/c1-13(8-2-5-12-6-3-8)19(16,17)9-4-7-18-10(9)11(14)15/h2-7H,1H3,(H,14,15). The molecule has 0 aromatic carbocycles. The number of rotatable bonds is 4. The molecule has 0 aliphatic carbocycles. The van der Waals surface area contributed by atoms with Crippen LogP contribution in [0.5, 0.6) is 0 Å². The molecule has 0 fully saturated rings. The Bertz CT molecular complexity index is 694. The quantitative estimate of drug-likeness (QED) is 0.927. The molecule has 0 saturated heterocycles. The highest BCUT2D eigenvalue weighted by molar-refractivity contribution is 7.93. The molecule has 2 aromatic heterocycles. The highest BCUT2D eigenvalue weighted by atomic mass is 32.2. The Hall–Kier alpha value is -1.93. The third kappa shape index (κ3) is 2.45. The van der Waals surface area contributed by atoms with E-state index in [-0.39, 0.29) is 9.77 Å². The molecule has 0 amide bonds. The monoisotopic (exact) mass is 298 g/mol. The van der Waals surface area contributed by atoms with E-state index in [9.17, 15) is 13.2 Å². The number of carboxylic acid groups (broad SMARTS) is 1. The summed E-state index contributed by atoms with van der Waals surface area (Å²) in [6.45, 7) is 0. The smallest absolute Gasteiger partial charge is 0.347 e. The van der Waals surface area contributed by atoms with Crippen molar-refractivity contribution < 1.29 is 18.3 Å². The van der Waals surface area contributed by atoms with Gasteiger partial charge in [0.25, 0.3) is 10.0 Å². The van der Waals surface area contributed by atoms with E-state index >= 15 is 0 Å². The van der Waals surface area contributed by atoms with Crippen molar-refractivity contribution in [3.8, 4) is 0 Å². The number of thiophene rings is 1. The van der Waals surface area contributed by atoms with Crippen molar-refractivity contribution in [2.45, 2.75) is 4.90 Å². The number of hydrogen-bond acceptors (Lipinski definition) is 5. The fourth-order valence-electron chi connectivity index (χ4n) is 1.50. The summed E-state index contributed by atoms with van der Waals surface area (Å²) in [4.78, 5) is 14.4. The van der Waals surface area contributed by atoms with Crippen LogP contribution in [0.4, 0.5) is 5.69 Å². The van der Waals surface area contributed by atoms with Crippen molar-refractivity contribution in [3.63, 3.8) is 0 Å². The predicted octanol–water partition coefficient (Wildman–Crippen LogP) is 1.67. The van der Waals surface area contributed by atoms with Crippen LogP contribution in [-0.2, 0) is 10.0 Å². The second-order valence-corrected chi connectivity index (χ2v) is 6.45. The van der Waals surface area contributed by atoms with Crippen LogP contribution in [0.1, 0.15) is 9.67 Å². The van der Waals surface area contributed by atoms with Crippen LogP contribution in [0.15, 0.2) is 40.9 Å². The highest BCUT2D eigenvalue weighted by Crippen LogP contribution is 2.27. The van der Waals surface area contributed by atoms with Gasteiger partial charge >= 0.3 is 5.97 Å². The first-order chi connectivity index (χ1) is 8.94. The minimum Gasteiger partial charge on any atom is -0.477 e. The first-order valence-electron chi connectivity index (χ1n) is 5.14. The molecule has 0 spiro atoms. The first kappa shape index (κ1) is 13.5. The van der Waals surface area contributed by atoms with Crippen molar-refractivity contribution >= 4 is 33.0 Å². The van der Waals surface area contributed by atoms with Gasteiger partial charge in [-0.25, -0.2) is 13.2 Å². The molecular weight excluding hydrogens is 288 g/mol. The number of carboxylic acids is 1. The van der Waals surface area contributed by atoms with Crippen LogP contribution in [0.25, 0.3) is 0 Å². The van der Waals surface area contributed by atoms with Crippen LogP contribution in [-0.4, -0.2) is 31.5 Å². The third-order valence-corrected chi connectivity index (χ3v) is 5.35. The average Bonchev–Trinajstić information content (AvgIpc) is 2.89. The van der Waals surface area contributed by atoms with Crippen LogP contribution in [0.3, 0.4) is 0 Å². The Morgan fingerprint density at radius 2 is 1.95 bits per heavy atom. The summed E-state index contributed by atoms with van der Waals surface area (Å²) >= 11 is 0.879. The number of aromatic nitrogens is 1. The Labute approximate surface area is 114 Å². The van der Waals surface area contributed by atoms with E-state index in [1.807, 2.05) is 0 Å². The van der Waals surface area contributed by atoms with Gasteiger partial charge in [-0.3, -0.25) is 9.29 Å². The van der Waals surface area contributed by atoms with Gasteiger partial charge in [0.05, 0.1) is 5.69 Å². The zero-order valence-corrected chi connectivity index (χ0v) is 11.5. The molecule has 6 nitrogen and oxygen atoms in total. The summed E-state index contributed by atoms with van der Waals surface area (Å²) < 4.78 is 25.8. The van der Waals surface area contributed by atoms with E-state index in [2.05, 4.69) is 4.98 Å². The number of carbonyl (C=O) groups is 1. The molecule has 2 rings (SSSR count). The molecule has 0 aliphatic rings. The van der Waals surface area contributed by atoms with E-state index in [0.29, 0.717) is 5.69 Å². The minimum atomic E-state index is -3.89. The molecule has 2 aromatic rings. The third-order valence-electron chi connectivity index (χ3n) is 2.49. The minimum absolute atomic E-state index is 0.194. The molecule has 19 heavy (non-hydrogen) atoms. The fourth-order valence-corrected chi connectivity index (χ4v) is 3.92. The maximum absolute atomic E-state index is 12.4. The Morgan fingerprint density at radius 1 is 1.32 bits per heavy atom. The molecule has 0 unspecified atom stereocenters. The van der Waals surface area contributed by atoms with Gasteiger partial charge in [-0.15, -0.1) is 11.3 Å². The predicted molar refractivity (Wildman–Crippen MR) is 71.1 cm³/mol. The van der Waals surface area contributed by atoms with Crippen LogP contribution in [0.2, 0.25) is 0 Å². The maximum Gasteiger partial charge on any atom is 0.347 e. The summed E-state index contributed by atoms with van der Waals surface area (Å²) in [6, 6.07) is 4.36. The summed E-state index contributed by atoms with van der Waals surface area (Å²) in [5, 5.41) is 10.4. The summed E-state index contributed by atoms with van der Waals surface area (Å²) in [5.41, 5.74) is 0.414. The Kier molecular flexibility index (Phi) is 3.54. The van der Waals surface area contributed by atoms with Crippen molar-refractivity contribution in [3.05, 3.63) is 40.8 Å². The average molecular weight is 298 g/mol. The summed E-state index contributed by atoms with van der Waals surface area (Å²) in [5.74, 6) is -1.25. The number of aromatic carboxylic acids is 1. The van der Waals surface area contributed by atoms with E-state index in [1.165, 1.54) is 43.0 Å². The van der Waals surface area contributed by atoms with E-state index in [4.69, 9.17) is 5.11 Å². The Balaban J connectivity index is 2.49. The van der Waals surface area contributed by atoms with E-state index < -0.39 is 16.0 Å². The SMILES string of the molecule is CN(c1ccncc1)S(=O)(=O)c1ccsc1C(=O)O. The lowest BCUT2D eigenvalue weighted by Gasteiger charge is -2.18. The Morgan fingerprint density at radius 3 is 2.53 bits per heavy atom. The van der Waals surface area contributed by atoms with Gasteiger partial charge in [0.15, 0.2) is 0 Å².